The van der Waals surface area contributed by atoms with Gasteiger partial charge in [0.05, 0.1) is 26.5 Å². The molecular weight excluding hydrogens is 374 g/mol. The molecule has 1 saturated heterocycles. The zero-order chi connectivity index (χ0) is 20.6. The van der Waals surface area contributed by atoms with Crippen molar-refractivity contribution >= 4 is 23.4 Å². The number of rotatable bonds is 6. The number of nitrogens with one attached hydrogen (secondary N) is 2. The summed E-state index contributed by atoms with van der Waals surface area (Å²) in [5.74, 6) is 1.67. The molecule has 0 spiro atoms. The number of carbonyl (C=O) groups is 2. The van der Waals surface area contributed by atoms with Crippen molar-refractivity contribution in [3.8, 4) is 11.5 Å². The number of aromatic nitrogens is 1. The average Bonchev–Trinajstić information content (AvgIpc) is 2.78. The summed E-state index contributed by atoms with van der Waals surface area (Å²) in [5.41, 5.74) is 0.511. The maximum atomic E-state index is 12.4. The Bertz CT molecular complexity index is 838. The van der Waals surface area contributed by atoms with Crippen LogP contribution in [0.3, 0.4) is 0 Å². The van der Waals surface area contributed by atoms with E-state index in [2.05, 4.69) is 20.5 Å². The molecule has 0 unspecified atom stereocenters. The van der Waals surface area contributed by atoms with Crippen molar-refractivity contribution in [2.24, 2.45) is 0 Å². The van der Waals surface area contributed by atoms with Gasteiger partial charge >= 0.3 is 6.03 Å². The Labute approximate surface area is 169 Å². The van der Waals surface area contributed by atoms with E-state index in [-0.39, 0.29) is 18.5 Å². The highest BCUT2D eigenvalue weighted by Gasteiger charge is 2.22. The van der Waals surface area contributed by atoms with Gasteiger partial charge in [-0.2, -0.15) is 0 Å². The zero-order valence-corrected chi connectivity index (χ0v) is 16.6. The van der Waals surface area contributed by atoms with Crippen LogP contribution in [-0.2, 0) is 4.79 Å². The lowest BCUT2D eigenvalue weighted by atomic mass is 10.2. The lowest BCUT2D eigenvalue weighted by Crippen LogP contribution is -2.52. The van der Waals surface area contributed by atoms with Crippen molar-refractivity contribution in [1.29, 1.82) is 0 Å². The first-order valence-corrected chi connectivity index (χ1v) is 9.31. The van der Waals surface area contributed by atoms with Crippen LogP contribution in [0, 0.1) is 0 Å². The molecule has 3 rings (SSSR count). The van der Waals surface area contributed by atoms with E-state index in [9.17, 15) is 9.59 Å². The van der Waals surface area contributed by atoms with Crippen molar-refractivity contribution in [2.75, 3.05) is 57.2 Å². The van der Waals surface area contributed by atoms with Gasteiger partial charge in [0.25, 0.3) is 0 Å². The molecule has 0 bridgehead atoms. The molecule has 154 valence electrons. The highest BCUT2D eigenvalue weighted by molar-refractivity contribution is 5.95. The molecule has 9 nitrogen and oxygen atoms in total. The van der Waals surface area contributed by atoms with Crippen LogP contribution in [0.1, 0.15) is 0 Å². The van der Waals surface area contributed by atoms with Crippen molar-refractivity contribution in [3.05, 3.63) is 42.6 Å². The Kier molecular flexibility index (Phi) is 6.72. The van der Waals surface area contributed by atoms with Crippen molar-refractivity contribution < 1.29 is 19.1 Å². The van der Waals surface area contributed by atoms with Crippen molar-refractivity contribution in [3.63, 3.8) is 0 Å². The normalized spacial score (nSPS) is 13.6. The molecule has 2 heterocycles. The maximum Gasteiger partial charge on any atom is 0.317 e. The van der Waals surface area contributed by atoms with Gasteiger partial charge in [0.2, 0.25) is 5.91 Å². The number of methoxy groups -OCH3 is 2. The van der Waals surface area contributed by atoms with Crippen LogP contribution in [0.5, 0.6) is 11.5 Å². The molecule has 1 aliphatic rings. The monoisotopic (exact) mass is 399 g/mol. The summed E-state index contributed by atoms with van der Waals surface area (Å²) in [6, 6.07) is 10.6. The number of hydrogen-bond acceptors (Lipinski definition) is 6. The van der Waals surface area contributed by atoms with Crippen LogP contribution in [0.2, 0.25) is 0 Å². The number of carbonyl (C=O) groups excluding carboxylic acids is 2. The summed E-state index contributed by atoms with van der Waals surface area (Å²) in [6.45, 7) is 2.39. The second-order valence-electron chi connectivity index (χ2n) is 6.44. The lowest BCUT2D eigenvalue weighted by molar-refractivity contribution is -0.115. The van der Waals surface area contributed by atoms with Crippen LogP contribution in [0.4, 0.5) is 16.3 Å². The van der Waals surface area contributed by atoms with Crippen molar-refractivity contribution in [2.45, 2.75) is 0 Å². The number of amides is 3. The Morgan fingerprint density at radius 2 is 1.86 bits per heavy atom. The third kappa shape index (κ3) is 5.28. The first-order chi connectivity index (χ1) is 14.1. The van der Waals surface area contributed by atoms with E-state index in [0.717, 1.165) is 5.82 Å². The lowest BCUT2D eigenvalue weighted by Gasteiger charge is -2.35. The van der Waals surface area contributed by atoms with Crippen LogP contribution >= 0.6 is 0 Å². The van der Waals surface area contributed by atoms with Gasteiger partial charge in [-0.05, 0) is 24.3 Å². The van der Waals surface area contributed by atoms with Gasteiger partial charge in [-0.3, -0.25) is 4.79 Å². The van der Waals surface area contributed by atoms with E-state index in [4.69, 9.17) is 9.47 Å². The first-order valence-electron chi connectivity index (χ1n) is 9.31. The molecule has 0 aliphatic carbocycles. The maximum absolute atomic E-state index is 12.4. The molecule has 1 aromatic carbocycles. The van der Waals surface area contributed by atoms with Crippen LogP contribution in [-0.4, -0.2) is 68.8 Å². The van der Waals surface area contributed by atoms with E-state index in [1.165, 1.54) is 7.11 Å². The summed E-state index contributed by atoms with van der Waals surface area (Å²) in [7, 11) is 3.07. The van der Waals surface area contributed by atoms with Crippen LogP contribution in [0.25, 0.3) is 0 Å². The third-order valence-electron chi connectivity index (χ3n) is 4.62. The van der Waals surface area contributed by atoms with Crippen LogP contribution < -0.4 is 25.0 Å². The molecule has 3 amide bonds. The number of benzene rings is 1. The summed E-state index contributed by atoms with van der Waals surface area (Å²) in [5, 5.41) is 5.39. The largest absolute Gasteiger partial charge is 0.497 e. The summed E-state index contributed by atoms with van der Waals surface area (Å²) >= 11 is 0. The molecule has 29 heavy (non-hydrogen) atoms. The highest BCUT2D eigenvalue weighted by atomic mass is 16.5. The minimum absolute atomic E-state index is 0.130. The van der Waals surface area contributed by atoms with E-state index in [1.54, 1.807) is 36.4 Å². The molecular formula is C20H25N5O4. The number of pyridine rings is 1. The van der Waals surface area contributed by atoms with Gasteiger partial charge in [-0.15, -0.1) is 0 Å². The predicted octanol–water partition coefficient (Wildman–Crippen LogP) is 1.57. The second kappa shape index (κ2) is 9.63. The van der Waals surface area contributed by atoms with E-state index in [1.807, 2.05) is 18.2 Å². The average molecular weight is 399 g/mol. The van der Waals surface area contributed by atoms with Gasteiger partial charge in [0.15, 0.2) is 0 Å². The number of ether oxygens (including phenoxy) is 2. The molecule has 0 radical (unpaired) electrons. The smallest absolute Gasteiger partial charge is 0.317 e. The summed E-state index contributed by atoms with van der Waals surface area (Å²) in [6.07, 6.45) is 1.75. The molecule has 1 fully saturated rings. The minimum Gasteiger partial charge on any atom is -0.497 e. The number of nitrogens with zero attached hydrogens (tertiary/aromatic N) is 3. The quantitative estimate of drug-likeness (QED) is 0.766. The Morgan fingerprint density at radius 3 is 2.52 bits per heavy atom. The SMILES string of the molecule is COc1ccc(NC(=O)CNC(=O)N2CCN(c3ccccn3)CC2)c(OC)c1. The molecule has 1 aliphatic heterocycles. The molecule has 9 heteroatoms. The number of hydrogen-bond donors (Lipinski definition) is 2. The topological polar surface area (TPSA) is 96.0 Å². The van der Waals surface area contributed by atoms with Gasteiger partial charge in [0, 0.05) is 38.4 Å². The van der Waals surface area contributed by atoms with E-state index in [0.29, 0.717) is 43.4 Å². The Hall–Kier alpha value is -3.49. The van der Waals surface area contributed by atoms with Crippen LogP contribution in [0.15, 0.2) is 42.6 Å². The van der Waals surface area contributed by atoms with Gasteiger partial charge in [-0.1, -0.05) is 6.07 Å². The van der Waals surface area contributed by atoms with Gasteiger partial charge < -0.3 is 29.9 Å². The van der Waals surface area contributed by atoms with Gasteiger partial charge in [-0.25, -0.2) is 9.78 Å². The number of urea groups is 1. The summed E-state index contributed by atoms with van der Waals surface area (Å²) in [4.78, 5) is 32.7. The molecule has 2 aromatic rings. The predicted molar refractivity (Wildman–Crippen MR) is 110 cm³/mol. The summed E-state index contributed by atoms with van der Waals surface area (Å²) < 4.78 is 10.4. The third-order valence-corrected chi connectivity index (χ3v) is 4.62. The second-order valence-corrected chi connectivity index (χ2v) is 6.44. The standard InChI is InChI=1S/C20H25N5O4/c1-28-15-6-7-16(17(13-15)29-2)23-19(26)14-22-20(27)25-11-9-24(10-12-25)18-5-3-4-8-21-18/h3-8,13H,9-12,14H2,1-2H3,(H,22,27)(H,23,26). The fraction of sp³-hybridized carbons (Fsp3) is 0.350. The molecule has 1 aromatic heterocycles. The number of piperazine rings is 1. The molecule has 0 saturated carbocycles. The molecule has 2 N–H and O–H groups in total. The minimum atomic E-state index is -0.339. The Balaban J connectivity index is 1.45. The van der Waals surface area contributed by atoms with Gasteiger partial charge in [0.1, 0.15) is 17.3 Å². The van der Waals surface area contributed by atoms with E-state index >= 15 is 0 Å². The highest BCUT2D eigenvalue weighted by Crippen LogP contribution is 2.28. The fourth-order valence-electron chi connectivity index (χ4n) is 3.04. The fourth-order valence-corrected chi connectivity index (χ4v) is 3.04. The van der Waals surface area contributed by atoms with E-state index < -0.39 is 0 Å². The number of anilines is 2. The first kappa shape index (κ1) is 20.2. The van der Waals surface area contributed by atoms with Crippen molar-refractivity contribution in [1.82, 2.24) is 15.2 Å². The zero-order valence-electron chi connectivity index (χ0n) is 16.6. The molecule has 0 atom stereocenters. The Morgan fingerprint density at radius 1 is 1.07 bits per heavy atom.